The maximum absolute atomic E-state index is 12.4. The minimum absolute atomic E-state index is 0.151. The molecule has 1 fully saturated rings. The van der Waals surface area contributed by atoms with Crippen LogP contribution in [-0.4, -0.2) is 55.7 Å². The predicted octanol–water partition coefficient (Wildman–Crippen LogP) is 2.71. The van der Waals surface area contributed by atoms with Gasteiger partial charge >= 0.3 is 0 Å². The van der Waals surface area contributed by atoms with Crippen LogP contribution < -0.4 is 5.32 Å². The van der Waals surface area contributed by atoms with Gasteiger partial charge in [-0.05, 0) is 31.0 Å². The first-order valence-electron chi connectivity index (χ1n) is 7.51. The fourth-order valence-corrected chi connectivity index (χ4v) is 3.22. The number of nitrogens with one attached hydrogen (secondary N) is 1. The topological polar surface area (TPSA) is 41.6 Å². The van der Waals surface area contributed by atoms with E-state index in [0.717, 1.165) is 61.8 Å². The highest BCUT2D eigenvalue weighted by Gasteiger charge is 2.18. The van der Waals surface area contributed by atoms with Crippen LogP contribution in [0.1, 0.15) is 23.2 Å². The minimum atomic E-state index is 0.151. The van der Waals surface area contributed by atoms with Gasteiger partial charge in [0.25, 0.3) is 5.91 Å². The number of carbonyl (C=O) groups excluding carboxylic acids is 1. The molecule has 0 atom stereocenters. The smallest absolute Gasteiger partial charge is 0.253 e. The number of thioether (sulfide) groups is 1. The van der Waals surface area contributed by atoms with E-state index < -0.39 is 0 Å². The Balaban J connectivity index is 1.86. The van der Waals surface area contributed by atoms with Crippen molar-refractivity contribution in [1.29, 1.82) is 0 Å². The average Bonchev–Trinajstić information content (AvgIpc) is 2.55. The minimum Gasteiger partial charge on any atom is -0.385 e. The van der Waals surface area contributed by atoms with E-state index in [1.165, 1.54) is 0 Å². The Morgan fingerprint density at radius 1 is 1.33 bits per heavy atom. The number of hydrogen-bond acceptors (Lipinski definition) is 4. The molecule has 1 aliphatic heterocycles. The molecule has 1 amide bonds. The van der Waals surface area contributed by atoms with Crippen molar-refractivity contribution >= 4 is 23.4 Å². The summed E-state index contributed by atoms with van der Waals surface area (Å²) < 4.78 is 5.03. The average molecular weight is 308 g/mol. The van der Waals surface area contributed by atoms with E-state index in [2.05, 4.69) is 5.32 Å². The van der Waals surface area contributed by atoms with Crippen LogP contribution in [0.25, 0.3) is 0 Å². The van der Waals surface area contributed by atoms with Gasteiger partial charge in [0.1, 0.15) is 0 Å². The highest BCUT2D eigenvalue weighted by atomic mass is 32.2. The number of unbranched alkanes of at least 4 members (excludes halogenated alkanes) is 1. The third-order valence-corrected chi connectivity index (χ3v) is 4.45. The first kappa shape index (κ1) is 16.2. The molecule has 1 heterocycles. The summed E-state index contributed by atoms with van der Waals surface area (Å²) in [4.78, 5) is 14.4. The van der Waals surface area contributed by atoms with E-state index in [9.17, 15) is 4.79 Å². The number of methoxy groups -OCH3 is 1. The number of amides is 1. The van der Waals surface area contributed by atoms with E-state index in [0.29, 0.717) is 0 Å². The SMILES string of the molecule is COCCCCNc1cccc(C(=O)N2CCSCC2)c1. The normalized spacial score (nSPS) is 15.0. The van der Waals surface area contributed by atoms with Gasteiger partial charge in [-0.2, -0.15) is 11.8 Å². The predicted molar refractivity (Wildman–Crippen MR) is 89.3 cm³/mol. The van der Waals surface area contributed by atoms with Gasteiger partial charge in [0.2, 0.25) is 0 Å². The molecule has 116 valence electrons. The van der Waals surface area contributed by atoms with Gasteiger partial charge in [0.05, 0.1) is 0 Å². The van der Waals surface area contributed by atoms with Crippen LogP contribution >= 0.6 is 11.8 Å². The molecule has 0 unspecified atom stereocenters. The van der Waals surface area contributed by atoms with E-state index >= 15 is 0 Å². The molecule has 2 rings (SSSR count). The van der Waals surface area contributed by atoms with E-state index in [1.54, 1.807) is 7.11 Å². The molecule has 0 radical (unpaired) electrons. The summed E-state index contributed by atoms with van der Waals surface area (Å²) >= 11 is 1.92. The fraction of sp³-hybridized carbons (Fsp3) is 0.562. The van der Waals surface area contributed by atoms with Crippen molar-refractivity contribution in [3.63, 3.8) is 0 Å². The number of benzene rings is 1. The number of carbonyl (C=O) groups is 1. The van der Waals surface area contributed by atoms with Crippen molar-refractivity contribution in [2.24, 2.45) is 0 Å². The number of hydrogen-bond donors (Lipinski definition) is 1. The molecule has 1 saturated heterocycles. The highest BCUT2D eigenvalue weighted by molar-refractivity contribution is 7.99. The molecule has 21 heavy (non-hydrogen) atoms. The first-order valence-corrected chi connectivity index (χ1v) is 8.66. The molecule has 1 aliphatic rings. The van der Waals surface area contributed by atoms with Crippen LogP contribution in [0.2, 0.25) is 0 Å². The highest BCUT2D eigenvalue weighted by Crippen LogP contribution is 2.16. The summed E-state index contributed by atoms with van der Waals surface area (Å²) in [5.74, 6) is 2.24. The van der Waals surface area contributed by atoms with Crippen LogP contribution in [0.5, 0.6) is 0 Å². The molecular formula is C16H24N2O2S. The van der Waals surface area contributed by atoms with Crippen molar-refractivity contribution in [3.05, 3.63) is 29.8 Å². The quantitative estimate of drug-likeness (QED) is 0.787. The van der Waals surface area contributed by atoms with Crippen LogP contribution in [0.4, 0.5) is 5.69 Å². The molecule has 4 nitrogen and oxygen atoms in total. The summed E-state index contributed by atoms with van der Waals surface area (Å²) in [5, 5.41) is 3.37. The van der Waals surface area contributed by atoms with Crippen molar-refractivity contribution in [1.82, 2.24) is 4.90 Å². The first-order chi connectivity index (χ1) is 10.3. The zero-order valence-electron chi connectivity index (χ0n) is 12.6. The van der Waals surface area contributed by atoms with Crippen LogP contribution in [0.15, 0.2) is 24.3 Å². The lowest BCUT2D eigenvalue weighted by Gasteiger charge is -2.26. The lowest BCUT2D eigenvalue weighted by molar-refractivity contribution is 0.0772. The maximum Gasteiger partial charge on any atom is 0.253 e. The third kappa shape index (κ3) is 5.25. The Morgan fingerprint density at radius 3 is 2.90 bits per heavy atom. The van der Waals surface area contributed by atoms with Gasteiger partial charge < -0.3 is 15.0 Å². The summed E-state index contributed by atoms with van der Waals surface area (Å²) in [6.07, 6.45) is 2.11. The van der Waals surface area contributed by atoms with E-state index in [-0.39, 0.29) is 5.91 Å². The third-order valence-electron chi connectivity index (χ3n) is 3.51. The maximum atomic E-state index is 12.4. The fourth-order valence-electron chi connectivity index (χ4n) is 2.32. The van der Waals surface area contributed by atoms with Crippen molar-refractivity contribution in [2.45, 2.75) is 12.8 Å². The molecule has 0 spiro atoms. The number of ether oxygens (including phenoxy) is 1. The molecular weight excluding hydrogens is 284 g/mol. The molecule has 0 bridgehead atoms. The number of rotatable bonds is 7. The monoisotopic (exact) mass is 308 g/mol. The molecule has 1 aromatic carbocycles. The Kier molecular flexibility index (Phi) is 6.89. The molecule has 0 aliphatic carbocycles. The summed E-state index contributed by atoms with van der Waals surface area (Å²) in [6, 6.07) is 7.82. The Labute approximate surface area is 131 Å². The Hall–Kier alpha value is -1.20. The van der Waals surface area contributed by atoms with Crippen LogP contribution in [-0.2, 0) is 4.74 Å². The summed E-state index contributed by atoms with van der Waals surface area (Å²) in [6.45, 7) is 3.42. The van der Waals surface area contributed by atoms with E-state index in [1.807, 2.05) is 40.9 Å². The van der Waals surface area contributed by atoms with Crippen molar-refractivity contribution in [2.75, 3.05) is 50.2 Å². The second-order valence-electron chi connectivity index (χ2n) is 5.11. The van der Waals surface area contributed by atoms with Crippen LogP contribution in [0, 0.1) is 0 Å². The zero-order valence-corrected chi connectivity index (χ0v) is 13.5. The van der Waals surface area contributed by atoms with Crippen molar-refractivity contribution < 1.29 is 9.53 Å². The summed E-state index contributed by atoms with van der Waals surface area (Å²) in [5.41, 5.74) is 1.80. The van der Waals surface area contributed by atoms with Gasteiger partial charge in [-0.25, -0.2) is 0 Å². The largest absolute Gasteiger partial charge is 0.385 e. The van der Waals surface area contributed by atoms with Crippen molar-refractivity contribution in [3.8, 4) is 0 Å². The standard InChI is InChI=1S/C16H24N2O2S/c1-20-10-3-2-7-17-15-6-4-5-14(13-15)16(19)18-8-11-21-12-9-18/h4-6,13,17H,2-3,7-12H2,1H3. The van der Waals surface area contributed by atoms with Gasteiger partial charge in [-0.1, -0.05) is 6.07 Å². The van der Waals surface area contributed by atoms with Gasteiger partial charge in [-0.15, -0.1) is 0 Å². The van der Waals surface area contributed by atoms with Gasteiger partial charge in [0, 0.05) is 56.1 Å². The second-order valence-corrected chi connectivity index (χ2v) is 6.34. The lowest BCUT2D eigenvalue weighted by atomic mass is 10.1. The Bertz CT molecular complexity index is 448. The van der Waals surface area contributed by atoms with Gasteiger partial charge in [-0.3, -0.25) is 4.79 Å². The lowest BCUT2D eigenvalue weighted by Crippen LogP contribution is -2.37. The molecule has 1 N–H and O–H groups in total. The molecule has 5 heteroatoms. The number of nitrogens with zero attached hydrogens (tertiary/aromatic N) is 1. The summed E-state index contributed by atoms with van der Waals surface area (Å²) in [7, 11) is 1.72. The van der Waals surface area contributed by atoms with Gasteiger partial charge in [0.15, 0.2) is 0 Å². The molecule has 0 saturated carbocycles. The van der Waals surface area contributed by atoms with E-state index in [4.69, 9.17) is 4.74 Å². The Morgan fingerprint density at radius 2 is 2.14 bits per heavy atom. The number of anilines is 1. The zero-order chi connectivity index (χ0) is 14.9. The second kappa shape index (κ2) is 8.95. The van der Waals surface area contributed by atoms with Crippen LogP contribution in [0.3, 0.4) is 0 Å². The molecule has 0 aromatic heterocycles. The molecule has 1 aromatic rings.